The second-order valence-corrected chi connectivity index (χ2v) is 7.09. The molecule has 28 heavy (non-hydrogen) atoms. The molecule has 0 aromatic heterocycles. The number of carbonyl (C=O) groups is 1. The Hall–Kier alpha value is -2.98. The molecular weight excluding hydrogens is 374 g/mol. The Labute approximate surface area is 169 Å². The first kappa shape index (κ1) is 19.8. The second kappa shape index (κ2) is 8.81. The molecule has 3 rings (SSSR count). The summed E-state index contributed by atoms with van der Waals surface area (Å²) in [5.74, 6) is -0.170. The summed E-state index contributed by atoms with van der Waals surface area (Å²) < 4.78 is 6.05. The molecule has 2 N–H and O–H groups in total. The normalized spacial score (nSPS) is 10.5. The molecule has 144 valence electrons. The number of carboxylic acid groups (broad SMARTS) is 1. The van der Waals surface area contributed by atoms with Crippen molar-refractivity contribution in [2.45, 2.75) is 27.0 Å². The van der Waals surface area contributed by atoms with Crippen LogP contribution in [0.25, 0.3) is 0 Å². The van der Waals surface area contributed by atoms with Crippen LogP contribution in [0.5, 0.6) is 5.75 Å². The Kier molecular flexibility index (Phi) is 6.22. The Bertz CT molecular complexity index is 1000. The topological polar surface area (TPSA) is 58.6 Å². The van der Waals surface area contributed by atoms with Crippen LogP contribution in [0.15, 0.2) is 60.7 Å². The zero-order valence-electron chi connectivity index (χ0n) is 15.8. The van der Waals surface area contributed by atoms with Gasteiger partial charge in [-0.25, -0.2) is 4.79 Å². The van der Waals surface area contributed by atoms with Gasteiger partial charge < -0.3 is 15.2 Å². The Morgan fingerprint density at radius 3 is 2.50 bits per heavy atom. The third-order valence-corrected chi connectivity index (χ3v) is 4.84. The van der Waals surface area contributed by atoms with Crippen molar-refractivity contribution in [1.29, 1.82) is 0 Å². The molecule has 0 aliphatic rings. The number of anilines is 1. The summed E-state index contributed by atoms with van der Waals surface area (Å²) in [5.41, 5.74) is 5.26. The summed E-state index contributed by atoms with van der Waals surface area (Å²) in [7, 11) is 0. The van der Waals surface area contributed by atoms with Crippen LogP contribution >= 0.6 is 11.6 Å². The number of benzene rings is 3. The molecule has 0 aliphatic carbocycles. The van der Waals surface area contributed by atoms with Gasteiger partial charge in [-0.1, -0.05) is 35.9 Å². The van der Waals surface area contributed by atoms with Gasteiger partial charge >= 0.3 is 5.97 Å². The molecule has 0 radical (unpaired) electrons. The van der Waals surface area contributed by atoms with Gasteiger partial charge in [-0.15, -0.1) is 0 Å². The molecule has 0 spiro atoms. The number of hydrogen-bond donors (Lipinski definition) is 2. The minimum absolute atomic E-state index is 0.271. The Morgan fingerprint density at radius 1 is 1.00 bits per heavy atom. The van der Waals surface area contributed by atoms with Crippen molar-refractivity contribution >= 4 is 23.3 Å². The number of hydrogen-bond acceptors (Lipinski definition) is 3. The van der Waals surface area contributed by atoms with E-state index in [4.69, 9.17) is 21.4 Å². The predicted octanol–water partition coefficient (Wildman–Crippen LogP) is 5.85. The largest absolute Gasteiger partial charge is 0.489 e. The summed E-state index contributed by atoms with van der Waals surface area (Å²) in [6.45, 7) is 4.93. The van der Waals surface area contributed by atoms with Crippen molar-refractivity contribution in [2.75, 3.05) is 5.32 Å². The fourth-order valence-electron chi connectivity index (χ4n) is 2.94. The molecule has 0 amide bonds. The van der Waals surface area contributed by atoms with Gasteiger partial charge in [0.1, 0.15) is 12.4 Å². The van der Waals surface area contributed by atoms with Crippen LogP contribution in [-0.2, 0) is 13.2 Å². The lowest BCUT2D eigenvalue weighted by atomic mass is 10.1. The van der Waals surface area contributed by atoms with Crippen LogP contribution in [-0.4, -0.2) is 11.1 Å². The Balaban J connectivity index is 1.74. The predicted molar refractivity (Wildman–Crippen MR) is 112 cm³/mol. The molecule has 0 unspecified atom stereocenters. The molecular formula is C23H22ClNO3. The minimum atomic E-state index is -0.934. The van der Waals surface area contributed by atoms with E-state index in [0.29, 0.717) is 18.2 Å². The maximum Gasteiger partial charge on any atom is 0.335 e. The van der Waals surface area contributed by atoms with Crippen molar-refractivity contribution in [1.82, 2.24) is 0 Å². The monoisotopic (exact) mass is 395 g/mol. The van der Waals surface area contributed by atoms with Gasteiger partial charge in [0.05, 0.1) is 5.56 Å². The highest BCUT2D eigenvalue weighted by Crippen LogP contribution is 2.26. The average Bonchev–Trinajstić information content (AvgIpc) is 2.67. The van der Waals surface area contributed by atoms with E-state index in [9.17, 15) is 4.79 Å². The lowest BCUT2D eigenvalue weighted by Gasteiger charge is -2.15. The Morgan fingerprint density at radius 2 is 1.79 bits per heavy atom. The first-order valence-electron chi connectivity index (χ1n) is 8.97. The first-order chi connectivity index (χ1) is 13.4. The SMILES string of the molecule is Cc1ccccc1COc1ccc(Cl)cc1CNc1ccc(C(=O)O)cc1C. The molecule has 3 aromatic carbocycles. The molecule has 0 saturated heterocycles. The van der Waals surface area contributed by atoms with E-state index in [2.05, 4.69) is 24.4 Å². The molecule has 0 fully saturated rings. The van der Waals surface area contributed by atoms with E-state index < -0.39 is 5.97 Å². The molecule has 0 atom stereocenters. The van der Waals surface area contributed by atoms with Crippen molar-refractivity contribution in [3.63, 3.8) is 0 Å². The van der Waals surface area contributed by atoms with Crippen molar-refractivity contribution < 1.29 is 14.6 Å². The third kappa shape index (κ3) is 4.84. The lowest BCUT2D eigenvalue weighted by Crippen LogP contribution is -2.06. The van der Waals surface area contributed by atoms with Crippen molar-refractivity contribution in [3.8, 4) is 5.75 Å². The minimum Gasteiger partial charge on any atom is -0.489 e. The quantitative estimate of drug-likeness (QED) is 0.527. The first-order valence-corrected chi connectivity index (χ1v) is 9.35. The fraction of sp³-hybridized carbons (Fsp3) is 0.174. The number of aryl methyl sites for hydroxylation is 2. The number of ether oxygens (including phenoxy) is 1. The summed E-state index contributed by atoms with van der Waals surface area (Å²) in [6, 6.07) is 18.7. The molecule has 3 aromatic rings. The highest BCUT2D eigenvalue weighted by atomic mass is 35.5. The zero-order chi connectivity index (χ0) is 20.1. The van der Waals surface area contributed by atoms with Crippen molar-refractivity contribution in [2.24, 2.45) is 0 Å². The molecule has 0 heterocycles. The number of nitrogens with one attached hydrogen (secondary N) is 1. The molecule has 0 saturated carbocycles. The summed E-state index contributed by atoms with van der Waals surface area (Å²) in [5, 5.41) is 13.1. The van der Waals surface area contributed by atoms with E-state index in [-0.39, 0.29) is 5.56 Å². The summed E-state index contributed by atoms with van der Waals surface area (Å²) in [4.78, 5) is 11.1. The van der Waals surface area contributed by atoms with Gasteiger partial charge in [0, 0.05) is 22.8 Å². The van der Waals surface area contributed by atoms with E-state index in [1.807, 2.05) is 37.3 Å². The maximum absolute atomic E-state index is 11.1. The molecule has 5 heteroatoms. The highest BCUT2D eigenvalue weighted by molar-refractivity contribution is 6.30. The van der Waals surface area contributed by atoms with Gasteiger partial charge in [0.25, 0.3) is 0 Å². The van der Waals surface area contributed by atoms with Gasteiger partial charge in [-0.05, 0) is 66.9 Å². The van der Waals surface area contributed by atoms with E-state index >= 15 is 0 Å². The standard InChI is InChI=1S/C23H22ClNO3/c1-15-5-3-4-6-18(15)14-28-22-10-8-20(24)12-19(22)13-25-21-9-7-17(23(26)27)11-16(21)2/h3-12,25H,13-14H2,1-2H3,(H,26,27). The number of carboxylic acids is 1. The second-order valence-electron chi connectivity index (χ2n) is 6.66. The van der Waals surface area contributed by atoms with Crippen molar-refractivity contribution in [3.05, 3.63) is 93.5 Å². The van der Waals surface area contributed by atoms with Gasteiger partial charge in [-0.3, -0.25) is 0 Å². The van der Waals surface area contributed by atoms with Gasteiger partial charge in [-0.2, -0.15) is 0 Å². The number of aromatic carboxylic acids is 1. The van der Waals surface area contributed by atoms with Gasteiger partial charge in [0.15, 0.2) is 0 Å². The third-order valence-electron chi connectivity index (χ3n) is 4.61. The smallest absolute Gasteiger partial charge is 0.335 e. The van der Waals surface area contributed by atoms with Crippen LogP contribution in [0, 0.1) is 13.8 Å². The van der Waals surface area contributed by atoms with E-state index in [1.165, 1.54) is 5.56 Å². The highest BCUT2D eigenvalue weighted by Gasteiger charge is 2.09. The maximum atomic E-state index is 11.1. The van der Waals surface area contributed by atoms with Crippen LogP contribution in [0.4, 0.5) is 5.69 Å². The number of halogens is 1. The molecule has 4 nitrogen and oxygen atoms in total. The zero-order valence-corrected chi connectivity index (χ0v) is 16.6. The van der Waals surface area contributed by atoms with E-state index in [0.717, 1.165) is 28.1 Å². The van der Waals surface area contributed by atoms with Crippen LogP contribution in [0.2, 0.25) is 5.02 Å². The molecule has 0 bridgehead atoms. The summed E-state index contributed by atoms with van der Waals surface area (Å²) >= 11 is 6.18. The van der Waals surface area contributed by atoms with Gasteiger partial charge in [0.2, 0.25) is 0 Å². The van der Waals surface area contributed by atoms with Crippen LogP contribution < -0.4 is 10.1 Å². The van der Waals surface area contributed by atoms with Crippen LogP contribution in [0.3, 0.4) is 0 Å². The molecule has 0 aliphatic heterocycles. The lowest BCUT2D eigenvalue weighted by molar-refractivity contribution is 0.0697. The van der Waals surface area contributed by atoms with Crippen LogP contribution in [0.1, 0.15) is 32.6 Å². The van der Waals surface area contributed by atoms with E-state index in [1.54, 1.807) is 18.2 Å². The summed E-state index contributed by atoms with van der Waals surface area (Å²) in [6.07, 6.45) is 0. The number of rotatable bonds is 7. The fourth-order valence-corrected chi connectivity index (χ4v) is 3.13. The average molecular weight is 396 g/mol.